The maximum atomic E-state index is 12.3. The molecule has 0 saturated carbocycles. The Hall–Kier alpha value is -3.42. The van der Waals surface area contributed by atoms with Crippen molar-refractivity contribution in [3.63, 3.8) is 0 Å². The predicted octanol–water partition coefficient (Wildman–Crippen LogP) is 3.66. The number of amides is 1. The number of methoxy groups -OCH3 is 1. The first-order valence-electron chi connectivity index (χ1n) is 7.44. The van der Waals surface area contributed by atoms with E-state index in [0.717, 1.165) is 0 Å². The van der Waals surface area contributed by atoms with Crippen molar-refractivity contribution in [3.8, 4) is 11.5 Å². The number of hydrogen-bond acceptors (Lipinski definition) is 5. The van der Waals surface area contributed by atoms with Gasteiger partial charge in [0, 0.05) is 11.8 Å². The van der Waals surface area contributed by atoms with Crippen LogP contribution in [0.4, 0.5) is 14.5 Å². The third-order valence-electron chi connectivity index (χ3n) is 3.51. The second kappa shape index (κ2) is 7.22. The number of alkyl halides is 2. The predicted molar refractivity (Wildman–Crippen MR) is 90.1 cm³/mol. The average molecular weight is 361 g/mol. The van der Waals surface area contributed by atoms with Crippen molar-refractivity contribution in [2.24, 2.45) is 0 Å². The molecule has 1 aromatic heterocycles. The fraction of sp³-hybridized carbons (Fsp3) is 0.111. The molecule has 26 heavy (non-hydrogen) atoms. The number of rotatable bonds is 5. The van der Waals surface area contributed by atoms with Gasteiger partial charge < -0.3 is 19.2 Å². The molecule has 1 N–H and O–H groups in total. The van der Waals surface area contributed by atoms with Gasteiger partial charge in [0.2, 0.25) is 0 Å². The summed E-state index contributed by atoms with van der Waals surface area (Å²) in [6.07, 6.45) is 0. The largest absolute Gasteiger partial charge is 0.497 e. The second-order valence-corrected chi connectivity index (χ2v) is 5.21. The normalized spacial score (nSPS) is 10.8. The molecule has 6 nitrogen and oxygen atoms in total. The Morgan fingerprint density at radius 1 is 1.12 bits per heavy atom. The van der Waals surface area contributed by atoms with Gasteiger partial charge in [-0.1, -0.05) is 6.07 Å². The molecule has 3 rings (SSSR count). The quantitative estimate of drug-likeness (QED) is 0.750. The maximum Gasteiger partial charge on any atom is 0.387 e. The van der Waals surface area contributed by atoms with Crippen LogP contribution in [0.25, 0.3) is 10.8 Å². The van der Waals surface area contributed by atoms with E-state index < -0.39 is 18.1 Å². The minimum absolute atomic E-state index is 0.109. The summed E-state index contributed by atoms with van der Waals surface area (Å²) in [7, 11) is 1.48. The standard InChI is InChI=1S/C18H13F2NO5/c1-24-12-5-6-14-10(7-12)8-15(26-17(14)23)16(22)21-11-3-2-4-13(9-11)25-18(19)20/h2-9,18H,1H3,(H,21,22). The second-order valence-electron chi connectivity index (χ2n) is 5.21. The summed E-state index contributed by atoms with van der Waals surface area (Å²) in [6, 6.07) is 11.6. The number of ether oxygens (including phenoxy) is 2. The van der Waals surface area contributed by atoms with Gasteiger partial charge in [0.25, 0.3) is 5.91 Å². The molecule has 1 amide bonds. The molecule has 0 atom stereocenters. The molecule has 0 aliphatic heterocycles. The highest BCUT2D eigenvalue weighted by Gasteiger charge is 2.14. The van der Waals surface area contributed by atoms with E-state index in [1.54, 1.807) is 12.1 Å². The molecule has 2 aromatic carbocycles. The lowest BCUT2D eigenvalue weighted by Crippen LogP contribution is -2.15. The molecule has 0 saturated heterocycles. The molecule has 3 aromatic rings. The Labute approximate surface area is 146 Å². The maximum absolute atomic E-state index is 12.3. The van der Waals surface area contributed by atoms with E-state index in [1.165, 1.54) is 43.5 Å². The molecule has 0 spiro atoms. The lowest BCUT2D eigenvalue weighted by atomic mass is 10.1. The fourth-order valence-corrected chi connectivity index (χ4v) is 2.35. The van der Waals surface area contributed by atoms with Gasteiger partial charge in [-0.15, -0.1) is 0 Å². The highest BCUT2D eigenvalue weighted by atomic mass is 19.3. The van der Waals surface area contributed by atoms with Gasteiger partial charge in [-0.05, 0) is 41.8 Å². The van der Waals surface area contributed by atoms with Gasteiger partial charge in [0.05, 0.1) is 12.5 Å². The molecular formula is C18H13F2NO5. The number of carbonyl (C=O) groups excluding carboxylic acids is 1. The van der Waals surface area contributed by atoms with E-state index >= 15 is 0 Å². The number of halogens is 2. The van der Waals surface area contributed by atoms with Gasteiger partial charge in [-0.25, -0.2) is 4.79 Å². The molecular weight excluding hydrogens is 348 g/mol. The van der Waals surface area contributed by atoms with Gasteiger partial charge in [-0.3, -0.25) is 4.79 Å². The van der Waals surface area contributed by atoms with Crippen LogP contribution in [0.2, 0.25) is 0 Å². The lowest BCUT2D eigenvalue weighted by molar-refractivity contribution is -0.0497. The van der Waals surface area contributed by atoms with Crippen molar-refractivity contribution in [3.05, 3.63) is 64.7 Å². The summed E-state index contributed by atoms with van der Waals surface area (Å²) in [4.78, 5) is 24.4. The van der Waals surface area contributed by atoms with Crippen LogP contribution in [0.1, 0.15) is 10.6 Å². The van der Waals surface area contributed by atoms with E-state index in [1.807, 2.05) is 0 Å². The highest BCUT2D eigenvalue weighted by molar-refractivity contribution is 6.04. The van der Waals surface area contributed by atoms with Crippen molar-refractivity contribution < 1.29 is 27.5 Å². The first-order chi connectivity index (χ1) is 12.5. The SMILES string of the molecule is COc1ccc2c(=O)oc(C(=O)Nc3cccc(OC(F)F)c3)cc2c1. The van der Waals surface area contributed by atoms with Crippen LogP contribution >= 0.6 is 0 Å². The molecule has 0 bridgehead atoms. The van der Waals surface area contributed by atoms with Crippen LogP contribution < -0.4 is 20.4 Å². The topological polar surface area (TPSA) is 77.8 Å². The Bertz CT molecular complexity index is 1020. The van der Waals surface area contributed by atoms with Crippen LogP contribution in [0.5, 0.6) is 11.5 Å². The fourth-order valence-electron chi connectivity index (χ4n) is 2.35. The van der Waals surface area contributed by atoms with E-state index in [9.17, 15) is 18.4 Å². The molecule has 0 radical (unpaired) electrons. The molecule has 8 heteroatoms. The summed E-state index contributed by atoms with van der Waals surface area (Å²) < 4.78 is 38.9. The van der Waals surface area contributed by atoms with E-state index in [-0.39, 0.29) is 17.2 Å². The van der Waals surface area contributed by atoms with Gasteiger partial charge in [0.1, 0.15) is 11.5 Å². The number of carbonyl (C=O) groups is 1. The van der Waals surface area contributed by atoms with Crippen LogP contribution in [-0.2, 0) is 0 Å². The highest BCUT2D eigenvalue weighted by Crippen LogP contribution is 2.22. The molecule has 0 aliphatic carbocycles. The smallest absolute Gasteiger partial charge is 0.387 e. The Morgan fingerprint density at radius 2 is 1.92 bits per heavy atom. The van der Waals surface area contributed by atoms with E-state index in [2.05, 4.69) is 10.1 Å². The summed E-state index contributed by atoms with van der Waals surface area (Å²) in [5.74, 6) is -0.522. The summed E-state index contributed by atoms with van der Waals surface area (Å²) in [5.41, 5.74) is -0.466. The number of hydrogen-bond donors (Lipinski definition) is 1. The molecule has 0 fully saturated rings. The van der Waals surface area contributed by atoms with Crippen molar-refractivity contribution in [1.29, 1.82) is 0 Å². The van der Waals surface area contributed by atoms with Crippen molar-refractivity contribution in [1.82, 2.24) is 0 Å². The zero-order chi connectivity index (χ0) is 18.7. The van der Waals surface area contributed by atoms with Crippen LogP contribution in [0.3, 0.4) is 0 Å². The molecule has 1 heterocycles. The monoisotopic (exact) mass is 361 g/mol. The van der Waals surface area contributed by atoms with Gasteiger partial charge in [0.15, 0.2) is 5.76 Å². The molecule has 134 valence electrons. The Kier molecular flexibility index (Phi) is 4.83. The lowest BCUT2D eigenvalue weighted by Gasteiger charge is -2.08. The minimum Gasteiger partial charge on any atom is -0.497 e. The third kappa shape index (κ3) is 3.80. The average Bonchev–Trinajstić information content (AvgIpc) is 2.60. The van der Waals surface area contributed by atoms with Crippen LogP contribution in [-0.4, -0.2) is 19.6 Å². The van der Waals surface area contributed by atoms with Crippen molar-refractivity contribution in [2.45, 2.75) is 6.61 Å². The summed E-state index contributed by atoms with van der Waals surface area (Å²) in [5, 5.41) is 3.24. The van der Waals surface area contributed by atoms with E-state index in [4.69, 9.17) is 9.15 Å². The first kappa shape index (κ1) is 17.4. The number of nitrogens with one attached hydrogen (secondary N) is 1. The summed E-state index contributed by atoms with van der Waals surface area (Å²) >= 11 is 0. The Morgan fingerprint density at radius 3 is 2.65 bits per heavy atom. The zero-order valence-corrected chi connectivity index (χ0v) is 13.5. The Balaban J connectivity index is 1.89. The zero-order valence-electron chi connectivity index (χ0n) is 13.5. The number of benzene rings is 2. The number of fused-ring (bicyclic) bond motifs is 1. The molecule has 0 unspecified atom stereocenters. The summed E-state index contributed by atoms with van der Waals surface area (Å²) in [6.45, 7) is -2.98. The first-order valence-corrected chi connectivity index (χ1v) is 7.44. The molecule has 0 aliphatic rings. The third-order valence-corrected chi connectivity index (χ3v) is 3.51. The van der Waals surface area contributed by atoms with Crippen LogP contribution in [0.15, 0.2) is 57.7 Å². The van der Waals surface area contributed by atoms with Gasteiger partial charge in [-0.2, -0.15) is 8.78 Å². The van der Waals surface area contributed by atoms with Gasteiger partial charge >= 0.3 is 12.2 Å². The minimum atomic E-state index is -2.98. The van der Waals surface area contributed by atoms with Crippen molar-refractivity contribution >= 4 is 22.4 Å². The van der Waals surface area contributed by atoms with Crippen LogP contribution in [0, 0.1) is 0 Å². The van der Waals surface area contributed by atoms with Crippen molar-refractivity contribution in [2.75, 3.05) is 12.4 Å². The van der Waals surface area contributed by atoms with E-state index in [0.29, 0.717) is 16.5 Å². The number of anilines is 1.